The number of ether oxygens (including phenoxy) is 1. The third-order valence-electron chi connectivity index (χ3n) is 4.63. The summed E-state index contributed by atoms with van der Waals surface area (Å²) in [6, 6.07) is -0.336. The highest BCUT2D eigenvalue weighted by Crippen LogP contribution is 2.32. The lowest BCUT2D eigenvalue weighted by Crippen LogP contribution is -2.50. The zero-order valence-corrected chi connectivity index (χ0v) is 15.8. The Morgan fingerprint density at radius 2 is 2.12 bits per heavy atom. The van der Waals surface area contributed by atoms with E-state index < -0.39 is 5.97 Å². The van der Waals surface area contributed by atoms with Crippen molar-refractivity contribution >= 4 is 23.8 Å². The summed E-state index contributed by atoms with van der Waals surface area (Å²) in [6.45, 7) is 3.96. The Kier molecular flexibility index (Phi) is 6.12. The lowest BCUT2D eigenvalue weighted by atomic mass is 10.0. The summed E-state index contributed by atoms with van der Waals surface area (Å²) in [4.78, 5) is 24.3. The van der Waals surface area contributed by atoms with Gasteiger partial charge in [0.1, 0.15) is 0 Å². The number of carbonyl (C=O) groups excluding carboxylic acids is 2. The van der Waals surface area contributed by atoms with Crippen LogP contribution in [0.4, 0.5) is 4.79 Å². The van der Waals surface area contributed by atoms with E-state index in [9.17, 15) is 9.59 Å². The number of urea groups is 1. The number of carbonyl (C=O) groups is 2. The number of nitrogens with zero attached hydrogens (tertiary/aromatic N) is 4. The summed E-state index contributed by atoms with van der Waals surface area (Å²) < 4.78 is 7.04. The molecule has 1 saturated carbocycles. The van der Waals surface area contributed by atoms with E-state index in [2.05, 4.69) is 26.2 Å². The molecular formula is C16H24N6O3S. The van der Waals surface area contributed by atoms with Gasteiger partial charge in [-0.2, -0.15) is 0 Å². The van der Waals surface area contributed by atoms with E-state index in [-0.39, 0.29) is 18.7 Å². The summed E-state index contributed by atoms with van der Waals surface area (Å²) >= 11 is 1.42. The first-order valence-electron chi connectivity index (χ1n) is 9.02. The predicted octanol–water partition coefficient (Wildman–Crippen LogP) is 1.79. The van der Waals surface area contributed by atoms with Crippen LogP contribution in [-0.4, -0.2) is 50.6 Å². The van der Waals surface area contributed by atoms with Crippen molar-refractivity contribution in [3.05, 3.63) is 11.3 Å². The van der Waals surface area contributed by atoms with Gasteiger partial charge in [0.2, 0.25) is 5.16 Å². The largest absolute Gasteiger partial charge is 0.463 e. The fourth-order valence-electron chi connectivity index (χ4n) is 3.37. The van der Waals surface area contributed by atoms with Gasteiger partial charge in [0.15, 0.2) is 0 Å². The molecule has 10 heteroatoms. The molecule has 9 nitrogen and oxygen atoms in total. The highest BCUT2D eigenvalue weighted by molar-refractivity contribution is 7.99. The maximum absolute atomic E-state index is 12.4. The van der Waals surface area contributed by atoms with Crippen molar-refractivity contribution in [3.8, 4) is 0 Å². The van der Waals surface area contributed by atoms with Crippen LogP contribution in [-0.2, 0) is 9.53 Å². The Morgan fingerprint density at radius 3 is 2.81 bits per heavy atom. The highest BCUT2D eigenvalue weighted by Gasteiger charge is 2.32. The van der Waals surface area contributed by atoms with Gasteiger partial charge >= 0.3 is 12.0 Å². The quantitative estimate of drug-likeness (QED) is 0.548. The van der Waals surface area contributed by atoms with E-state index in [1.807, 2.05) is 11.6 Å². The second kappa shape index (κ2) is 8.52. The minimum atomic E-state index is -0.405. The molecule has 1 atom stereocenters. The average Bonchev–Trinajstić information content (AvgIpc) is 3.30. The van der Waals surface area contributed by atoms with Crippen LogP contribution in [0.15, 0.2) is 16.4 Å². The summed E-state index contributed by atoms with van der Waals surface area (Å²) in [5.41, 5.74) is 1.03. The van der Waals surface area contributed by atoms with E-state index in [0.717, 1.165) is 12.8 Å². The monoisotopic (exact) mass is 380 g/mol. The van der Waals surface area contributed by atoms with Gasteiger partial charge in [-0.25, -0.2) is 14.3 Å². The van der Waals surface area contributed by atoms with Gasteiger partial charge in [0.05, 0.1) is 24.3 Å². The van der Waals surface area contributed by atoms with Gasteiger partial charge in [-0.1, -0.05) is 31.5 Å². The summed E-state index contributed by atoms with van der Waals surface area (Å²) in [5.74, 6) is -0.0108. The van der Waals surface area contributed by atoms with E-state index in [1.54, 1.807) is 6.92 Å². The maximum Gasteiger partial charge on any atom is 0.337 e. The molecule has 2 amide bonds. The maximum atomic E-state index is 12.4. The van der Waals surface area contributed by atoms with Crippen molar-refractivity contribution in [1.82, 2.24) is 30.8 Å². The number of nitrogens with one attached hydrogen (secondary N) is 2. The molecule has 0 saturated heterocycles. The Morgan fingerprint density at radius 1 is 1.35 bits per heavy atom. The smallest absolute Gasteiger partial charge is 0.337 e. The normalized spacial score (nSPS) is 20.8. The van der Waals surface area contributed by atoms with Crippen LogP contribution in [0.5, 0.6) is 0 Å². The van der Waals surface area contributed by atoms with Crippen molar-refractivity contribution in [2.75, 3.05) is 12.4 Å². The molecule has 1 aromatic rings. The zero-order valence-electron chi connectivity index (χ0n) is 15.0. The van der Waals surface area contributed by atoms with Gasteiger partial charge in [0.25, 0.3) is 0 Å². The molecule has 2 heterocycles. The summed E-state index contributed by atoms with van der Waals surface area (Å²) in [7, 11) is 0. The van der Waals surface area contributed by atoms with Crippen molar-refractivity contribution in [3.63, 3.8) is 0 Å². The first-order valence-corrected chi connectivity index (χ1v) is 10.0. The number of thioether (sulfide) groups is 1. The highest BCUT2D eigenvalue weighted by atomic mass is 32.2. The molecule has 0 radical (unpaired) electrons. The standard InChI is InChI=1S/C16H24N6O3S/c1-3-11-13(14(23)25-4-2)12(18-15(24)17-11)9-26-16-19-20-21-22(16)10-7-5-6-8-10/h10-11H,3-9H2,1-2H3,(H2,17,18,24). The molecule has 3 rings (SSSR count). The second-order valence-corrected chi connectivity index (χ2v) is 7.25. The minimum Gasteiger partial charge on any atom is -0.463 e. The Balaban J connectivity index is 1.80. The molecule has 1 aliphatic heterocycles. The third kappa shape index (κ3) is 4.00. The molecule has 142 valence electrons. The minimum absolute atomic E-state index is 0.285. The molecule has 1 unspecified atom stereocenters. The van der Waals surface area contributed by atoms with Crippen LogP contribution < -0.4 is 10.6 Å². The number of hydrogen-bond donors (Lipinski definition) is 2. The molecule has 2 aliphatic rings. The summed E-state index contributed by atoms with van der Waals surface area (Å²) in [6.07, 6.45) is 5.14. The number of aromatic nitrogens is 4. The van der Waals surface area contributed by atoms with Crippen LogP contribution in [0.3, 0.4) is 0 Å². The van der Waals surface area contributed by atoms with Gasteiger partial charge in [-0.05, 0) is 36.6 Å². The Bertz CT molecular complexity index is 698. The first kappa shape index (κ1) is 18.7. The van der Waals surface area contributed by atoms with Crippen molar-refractivity contribution < 1.29 is 14.3 Å². The molecule has 0 bridgehead atoms. The van der Waals surface area contributed by atoms with Gasteiger partial charge in [-0.15, -0.1) is 5.10 Å². The molecule has 2 N–H and O–H groups in total. The fraction of sp³-hybridized carbons (Fsp3) is 0.688. The third-order valence-corrected chi connectivity index (χ3v) is 5.59. The lowest BCUT2D eigenvalue weighted by Gasteiger charge is -2.28. The first-order chi connectivity index (χ1) is 12.6. The van der Waals surface area contributed by atoms with Crippen molar-refractivity contribution in [2.45, 2.75) is 63.2 Å². The second-order valence-electron chi connectivity index (χ2n) is 6.30. The topological polar surface area (TPSA) is 111 Å². The van der Waals surface area contributed by atoms with Gasteiger partial charge in [0, 0.05) is 11.4 Å². The van der Waals surface area contributed by atoms with Crippen LogP contribution in [0.25, 0.3) is 0 Å². The SMILES string of the molecule is CCOC(=O)C1=C(CSc2nnnn2C2CCCC2)NC(=O)NC1CC. The van der Waals surface area contributed by atoms with Crippen LogP contribution >= 0.6 is 11.8 Å². The Hall–Kier alpha value is -2.10. The predicted molar refractivity (Wildman–Crippen MR) is 95.5 cm³/mol. The molecular weight excluding hydrogens is 356 g/mol. The Labute approximate surface area is 156 Å². The number of hydrogen-bond acceptors (Lipinski definition) is 7. The molecule has 1 aromatic heterocycles. The van der Waals surface area contributed by atoms with Crippen molar-refractivity contribution in [1.29, 1.82) is 0 Å². The number of tetrazole rings is 1. The van der Waals surface area contributed by atoms with Crippen LogP contribution in [0, 0.1) is 0 Å². The number of rotatable bonds is 7. The van der Waals surface area contributed by atoms with E-state index in [0.29, 0.717) is 34.6 Å². The number of esters is 1. The average molecular weight is 380 g/mol. The fourth-order valence-corrected chi connectivity index (χ4v) is 4.28. The molecule has 1 aliphatic carbocycles. The molecule has 0 aromatic carbocycles. The molecule has 1 fully saturated rings. The van der Waals surface area contributed by atoms with E-state index in [1.165, 1.54) is 24.6 Å². The van der Waals surface area contributed by atoms with E-state index >= 15 is 0 Å². The summed E-state index contributed by atoms with van der Waals surface area (Å²) in [5, 5.41) is 18.2. The molecule has 26 heavy (non-hydrogen) atoms. The number of amides is 2. The van der Waals surface area contributed by atoms with E-state index in [4.69, 9.17) is 4.74 Å². The lowest BCUT2D eigenvalue weighted by molar-refractivity contribution is -0.139. The molecule has 0 spiro atoms. The van der Waals surface area contributed by atoms with Crippen molar-refractivity contribution in [2.24, 2.45) is 0 Å². The van der Waals surface area contributed by atoms with Gasteiger partial charge in [-0.3, -0.25) is 0 Å². The van der Waals surface area contributed by atoms with Gasteiger partial charge < -0.3 is 15.4 Å². The van der Waals surface area contributed by atoms with Crippen LogP contribution in [0.2, 0.25) is 0 Å². The van der Waals surface area contributed by atoms with Crippen LogP contribution in [0.1, 0.15) is 52.0 Å². The zero-order chi connectivity index (χ0) is 18.5.